The molecule has 0 amide bonds. The van der Waals surface area contributed by atoms with Crippen molar-refractivity contribution in [3.05, 3.63) is 47.3 Å². The highest BCUT2D eigenvalue weighted by Gasteiger charge is 2.52. The molecule has 1 aromatic heterocycles. The van der Waals surface area contributed by atoms with Crippen LogP contribution in [-0.4, -0.2) is 28.1 Å². The van der Waals surface area contributed by atoms with Crippen LogP contribution in [0.3, 0.4) is 0 Å². The van der Waals surface area contributed by atoms with E-state index in [1.54, 1.807) is 0 Å². The molecule has 122 valence electrons. The Hall–Kier alpha value is -1.59. The molecule has 0 atom stereocenters. The number of aryl methyl sites for hydroxylation is 2. The molecule has 1 aromatic carbocycles. The molecule has 23 heavy (non-hydrogen) atoms. The van der Waals surface area contributed by atoms with Gasteiger partial charge in [-0.1, -0.05) is 23.8 Å². The molecule has 4 nitrogen and oxygen atoms in total. The van der Waals surface area contributed by atoms with E-state index in [-0.39, 0.29) is 18.3 Å². The molecule has 0 unspecified atom stereocenters. The van der Waals surface area contributed by atoms with Gasteiger partial charge in [-0.15, -0.1) is 0 Å². The summed E-state index contributed by atoms with van der Waals surface area (Å²) in [6.07, 6.45) is 3.85. The van der Waals surface area contributed by atoms with Crippen LogP contribution in [0.2, 0.25) is 0 Å². The minimum Gasteiger partial charge on any atom is -0.399 e. The quantitative estimate of drug-likeness (QED) is 0.818. The Kier molecular flexibility index (Phi) is 3.89. The largest absolute Gasteiger partial charge is 0.498 e. The number of rotatable bonds is 3. The van der Waals surface area contributed by atoms with E-state index in [0.29, 0.717) is 0 Å². The molecule has 2 aromatic rings. The Balaban J connectivity index is 1.77. The second-order valence-corrected chi connectivity index (χ2v) is 7.49. The first-order chi connectivity index (χ1) is 10.7. The van der Waals surface area contributed by atoms with Crippen molar-refractivity contribution in [2.24, 2.45) is 0 Å². The lowest BCUT2D eigenvalue weighted by atomic mass is 9.82. The molecular weight excluding hydrogens is 287 g/mol. The van der Waals surface area contributed by atoms with Crippen molar-refractivity contribution in [2.45, 2.75) is 59.3 Å². The molecule has 0 aliphatic carbocycles. The fraction of sp³-hybridized carbons (Fsp3) is 0.500. The average Bonchev–Trinajstić information content (AvgIpc) is 2.96. The first-order valence-corrected chi connectivity index (χ1v) is 8.12. The van der Waals surface area contributed by atoms with E-state index in [1.165, 1.54) is 16.7 Å². The van der Waals surface area contributed by atoms with Crippen LogP contribution in [0, 0.1) is 13.8 Å². The molecule has 5 heteroatoms. The van der Waals surface area contributed by atoms with Gasteiger partial charge in [0.15, 0.2) is 0 Å². The summed E-state index contributed by atoms with van der Waals surface area (Å²) in [6.45, 7) is 13.3. The summed E-state index contributed by atoms with van der Waals surface area (Å²) in [5.41, 5.74) is 4.16. The summed E-state index contributed by atoms with van der Waals surface area (Å²) in [4.78, 5) is 0. The molecule has 1 fully saturated rings. The Morgan fingerprint density at radius 1 is 1.09 bits per heavy atom. The number of aromatic nitrogens is 2. The summed E-state index contributed by atoms with van der Waals surface area (Å²) >= 11 is 0. The summed E-state index contributed by atoms with van der Waals surface area (Å²) in [5, 5.41) is 4.47. The molecule has 3 rings (SSSR count). The maximum Gasteiger partial charge on any atom is 0.498 e. The lowest BCUT2D eigenvalue weighted by Crippen LogP contribution is -2.41. The summed E-state index contributed by atoms with van der Waals surface area (Å²) in [6, 6.07) is 6.51. The van der Waals surface area contributed by atoms with Crippen LogP contribution in [0.1, 0.15) is 44.4 Å². The van der Waals surface area contributed by atoms with Crippen molar-refractivity contribution in [2.75, 3.05) is 0 Å². The molecule has 0 spiro atoms. The third-order valence-electron chi connectivity index (χ3n) is 5.01. The van der Waals surface area contributed by atoms with Gasteiger partial charge in [-0.05, 0) is 52.7 Å². The summed E-state index contributed by atoms with van der Waals surface area (Å²) in [7, 11) is -0.354. The maximum absolute atomic E-state index is 6.08. The Labute approximate surface area is 138 Å². The molecule has 0 bridgehead atoms. The van der Waals surface area contributed by atoms with E-state index in [0.717, 1.165) is 12.0 Å². The third-order valence-corrected chi connectivity index (χ3v) is 5.01. The van der Waals surface area contributed by atoms with Gasteiger partial charge < -0.3 is 9.31 Å². The Morgan fingerprint density at radius 2 is 1.74 bits per heavy atom. The van der Waals surface area contributed by atoms with E-state index in [2.05, 4.69) is 64.8 Å². The number of hydrogen-bond donors (Lipinski definition) is 0. The van der Waals surface area contributed by atoms with Gasteiger partial charge in [-0.25, -0.2) is 0 Å². The second-order valence-electron chi connectivity index (χ2n) is 7.49. The van der Waals surface area contributed by atoms with Crippen LogP contribution in [0.4, 0.5) is 0 Å². The topological polar surface area (TPSA) is 36.3 Å². The zero-order chi connectivity index (χ0) is 16.8. The fourth-order valence-corrected chi connectivity index (χ4v) is 2.76. The van der Waals surface area contributed by atoms with Gasteiger partial charge in [0.25, 0.3) is 0 Å². The van der Waals surface area contributed by atoms with Crippen molar-refractivity contribution in [3.63, 3.8) is 0 Å². The first-order valence-electron chi connectivity index (χ1n) is 8.12. The zero-order valence-electron chi connectivity index (χ0n) is 14.9. The van der Waals surface area contributed by atoms with E-state index >= 15 is 0 Å². The van der Waals surface area contributed by atoms with Gasteiger partial charge in [-0.2, -0.15) is 5.10 Å². The van der Waals surface area contributed by atoms with Crippen molar-refractivity contribution in [3.8, 4) is 0 Å². The van der Waals surface area contributed by atoms with E-state index in [4.69, 9.17) is 9.31 Å². The first kappa shape index (κ1) is 16.3. The SMILES string of the molecule is Cc1ccc(Cn2cc(B3OC(C)(C)C(C)(C)O3)cn2)c(C)c1. The normalized spacial score (nSPS) is 19.3. The van der Waals surface area contributed by atoms with E-state index in [9.17, 15) is 0 Å². The minimum absolute atomic E-state index is 0.326. The predicted octanol–water partition coefficient (Wildman–Crippen LogP) is 2.85. The van der Waals surface area contributed by atoms with Gasteiger partial charge in [0.1, 0.15) is 0 Å². The highest BCUT2D eigenvalue weighted by Crippen LogP contribution is 2.36. The van der Waals surface area contributed by atoms with Gasteiger partial charge in [0, 0.05) is 17.9 Å². The molecule has 0 N–H and O–H groups in total. The Bertz CT molecular complexity index is 706. The number of nitrogens with zero attached hydrogens (tertiary/aromatic N) is 2. The molecule has 1 aliphatic heterocycles. The van der Waals surface area contributed by atoms with Crippen molar-refractivity contribution < 1.29 is 9.31 Å². The van der Waals surface area contributed by atoms with Crippen LogP contribution in [0.15, 0.2) is 30.6 Å². The highest BCUT2D eigenvalue weighted by atomic mass is 16.7. The maximum atomic E-state index is 6.08. The van der Waals surface area contributed by atoms with E-state index in [1.807, 2.05) is 17.1 Å². The fourth-order valence-electron chi connectivity index (χ4n) is 2.76. The Morgan fingerprint density at radius 3 is 2.35 bits per heavy atom. The molecule has 0 saturated carbocycles. The molecule has 0 radical (unpaired) electrons. The molecular formula is C18H25BN2O2. The van der Waals surface area contributed by atoms with Crippen LogP contribution >= 0.6 is 0 Å². The highest BCUT2D eigenvalue weighted by molar-refractivity contribution is 6.61. The van der Waals surface area contributed by atoms with Crippen molar-refractivity contribution >= 4 is 12.6 Å². The van der Waals surface area contributed by atoms with Gasteiger partial charge in [-0.3, -0.25) is 4.68 Å². The second kappa shape index (κ2) is 5.50. The average molecular weight is 312 g/mol. The molecule has 2 heterocycles. The van der Waals surface area contributed by atoms with Crippen molar-refractivity contribution in [1.29, 1.82) is 0 Å². The van der Waals surface area contributed by atoms with Crippen LogP contribution in [0.5, 0.6) is 0 Å². The number of benzene rings is 1. The van der Waals surface area contributed by atoms with Gasteiger partial charge in [0.2, 0.25) is 0 Å². The summed E-state index contributed by atoms with van der Waals surface area (Å²) in [5.74, 6) is 0. The van der Waals surface area contributed by atoms with E-state index < -0.39 is 0 Å². The third kappa shape index (κ3) is 3.08. The minimum atomic E-state index is -0.354. The zero-order valence-corrected chi connectivity index (χ0v) is 14.9. The van der Waals surface area contributed by atoms with Gasteiger partial charge >= 0.3 is 7.12 Å². The van der Waals surface area contributed by atoms with Crippen molar-refractivity contribution in [1.82, 2.24) is 9.78 Å². The lowest BCUT2D eigenvalue weighted by Gasteiger charge is -2.32. The predicted molar refractivity (Wildman–Crippen MR) is 93.0 cm³/mol. The van der Waals surface area contributed by atoms with Crippen LogP contribution < -0.4 is 5.46 Å². The summed E-state index contributed by atoms with van der Waals surface area (Å²) < 4.78 is 14.1. The number of hydrogen-bond acceptors (Lipinski definition) is 3. The standard InChI is InChI=1S/C18H25BN2O2/c1-13-7-8-15(14(2)9-13)11-21-12-16(10-20-21)19-22-17(3,4)18(5,6)23-19/h7-10,12H,11H2,1-6H3. The van der Waals surface area contributed by atoms with Crippen LogP contribution in [0.25, 0.3) is 0 Å². The molecule has 1 saturated heterocycles. The smallest absolute Gasteiger partial charge is 0.399 e. The van der Waals surface area contributed by atoms with Gasteiger partial charge in [0.05, 0.1) is 17.7 Å². The lowest BCUT2D eigenvalue weighted by molar-refractivity contribution is 0.00578. The van der Waals surface area contributed by atoms with Crippen LogP contribution in [-0.2, 0) is 15.9 Å². The monoisotopic (exact) mass is 312 g/mol. The molecule has 1 aliphatic rings.